The van der Waals surface area contributed by atoms with Crippen molar-refractivity contribution < 1.29 is 9.53 Å². The lowest BCUT2D eigenvalue weighted by atomic mass is 9.75. The van der Waals surface area contributed by atoms with E-state index in [1.54, 1.807) is 0 Å². The van der Waals surface area contributed by atoms with Crippen LogP contribution in [0.15, 0.2) is 0 Å². The Labute approximate surface area is 92.6 Å². The van der Waals surface area contributed by atoms with Crippen molar-refractivity contribution >= 4 is 5.97 Å². The number of piperidine rings is 1. The molecule has 0 spiro atoms. The first kappa shape index (κ1) is 12.5. The second kappa shape index (κ2) is 4.52. The first-order chi connectivity index (χ1) is 6.90. The number of nitrogens with one attached hydrogen (secondary N) is 1. The molecule has 0 aromatic carbocycles. The molecule has 1 heterocycles. The summed E-state index contributed by atoms with van der Waals surface area (Å²) in [5.74, 6) is -0.0999. The molecule has 3 heteroatoms. The minimum absolute atomic E-state index is 0.0999. The van der Waals surface area contributed by atoms with E-state index in [4.69, 9.17) is 4.74 Å². The van der Waals surface area contributed by atoms with Gasteiger partial charge in [0.15, 0.2) is 0 Å². The topological polar surface area (TPSA) is 38.3 Å². The fraction of sp³-hybridized carbons (Fsp3) is 0.917. The lowest BCUT2D eigenvalue weighted by Gasteiger charge is -2.39. The third kappa shape index (κ3) is 3.20. The van der Waals surface area contributed by atoms with E-state index < -0.39 is 5.54 Å². The van der Waals surface area contributed by atoms with Crippen LogP contribution in [0, 0.1) is 5.41 Å². The van der Waals surface area contributed by atoms with Gasteiger partial charge < -0.3 is 10.1 Å². The molecule has 1 N–H and O–H groups in total. The highest BCUT2D eigenvalue weighted by molar-refractivity contribution is 5.81. The van der Waals surface area contributed by atoms with E-state index in [1.165, 1.54) is 7.11 Å². The molecule has 1 rings (SSSR count). The normalized spacial score (nSPS) is 27.5. The summed E-state index contributed by atoms with van der Waals surface area (Å²) in [6, 6.07) is 0. The SMILES string of the molecule is COC(=O)C1(CC(C)(C)C)CCCCN1. The molecule has 88 valence electrons. The average molecular weight is 213 g/mol. The predicted molar refractivity (Wildman–Crippen MR) is 60.7 cm³/mol. The van der Waals surface area contributed by atoms with Gasteiger partial charge in [-0.05, 0) is 37.6 Å². The highest BCUT2D eigenvalue weighted by Gasteiger charge is 2.43. The van der Waals surface area contributed by atoms with Crippen LogP contribution in [0.5, 0.6) is 0 Å². The molecule has 1 fully saturated rings. The zero-order valence-electron chi connectivity index (χ0n) is 10.4. The molecule has 1 aliphatic heterocycles. The Balaban J connectivity index is 2.80. The van der Waals surface area contributed by atoms with Crippen LogP contribution < -0.4 is 5.32 Å². The monoisotopic (exact) mass is 213 g/mol. The van der Waals surface area contributed by atoms with Crippen LogP contribution in [-0.2, 0) is 9.53 Å². The fourth-order valence-corrected chi connectivity index (χ4v) is 2.47. The van der Waals surface area contributed by atoms with Gasteiger partial charge in [-0.3, -0.25) is 4.79 Å². The molecule has 0 radical (unpaired) electrons. The largest absolute Gasteiger partial charge is 0.468 e. The van der Waals surface area contributed by atoms with Crippen molar-refractivity contribution in [3.8, 4) is 0 Å². The number of ether oxygens (including phenoxy) is 1. The smallest absolute Gasteiger partial charge is 0.326 e. The predicted octanol–water partition coefficient (Wildman–Crippen LogP) is 2.11. The Morgan fingerprint density at radius 2 is 2.07 bits per heavy atom. The molecule has 0 bridgehead atoms. The van der Waals surface area contributed by atoms with Crippen LogP contribution in [-0.4, -0.2) is 25.2 Å². The molecule has 0 aromatic heterocycles. The van der Waals surface area contributed by atoms with Crippen molar-refractivity contribution in [3.63, 3.8) is 0 Å². The van der Waals surface area contributed by atoms with E-state index in [0.717, 1.165) is 32.2 Å². The molecule has 1 unspecified atom stereocenters. The van der Waals surface area contributed by atoms with Gasteiger partial charge in [-0.1, -0.05) is 20.8 Å². The number of carbonyl (C=O) groups excluding carboxylic acids is 1. The second-order valence-corrected chi connectivity index (χ2v) is 5.70. The Kier molecular flexibility index (Phi) is 3.77. The van der Waals surface area contributed by atoms with E-state index in [0.29, 0.717) is 0 Å². The Hall–Kier alpha value is -0.570. The molecule has 0 aromatic rings. The summed E-state index contributed by atoms with van der Waals surface area (Å²) in [6.07, 6.45) is 4.00. The van der Waals surface area contributed by atoms with Crippen molar-refractivity contribution in [1.29, 1.82) is 0 Å². The summed E-state index contributed by atoms with van der Waals surface area (Å²) in [4.78, 5) is 11.9. The molecule has 1 atom stereocenters. The van der Waals surface area contributed by atoms with Crippen LogP contribution in [0.3, 0.4) is 0 Å². The number of methoxy groups -OCH3 is 1. The molecular formula is C12H23NO2. The van der Waals surface area contributed by atoms with Crippen molar-refractivity contribution in [2.45, 2.75) is 52.0 Å². The van der Waals surface area contributed by atoms with Gasteiger partial charge in [0.1, 0.15) is 5.54 Å². The maximum Gasteiger partial charge on any atom is 0.326 e. The summed E-state index contributed by atoms with van der Waals surface area (Å²) in [7, 11) is 1.48. The Morgan fingerprint density at radius 3 is 2.47 bits per heavy atom. The molecule has 15 heavy (non-hydrogen) atoms. The molecule has 1 saturated heterocycles. The Morgan fingerprint density at radius 1 is 1.40 bits per heavy atom. The van der Waals surface area contributed by atoms with E-state index in [-0.39, 0.29) is 11.4 Å². The third-order valence-corrected chi connectivity index (χ3v) is 2.90. The summed E-state index contributed by atoms with van der Waals surface area (Å²) in [5.41, 5.74) is -0.302. The van der Waals surface area contributed by atoms with E-state index >= 15 is 0 Å². The second-order valence-electron chi connectivity index (χ2n) is 5.70. The molecule has 3 nitrogen and oxygen atoms in total. The van der Waals surface area contributed by atoms with Crippen LogP contribution in [0.4, 0.5) is 0 Å². The number of carbonyl (C=O) groups is 1. The van der Waals surface area contributed by atoms with Crippen LogP contribution in [0.2, 0.25) is 0 Å². The van der Waals surface area contributed by atoms with Gasteiger partial charge in [0.25, 0.3) is 0 Å². The zero-order valence-corrected chi connectivity index (χ0v) is 10.4. The number of hydrogen-bond donors (Lipinski definition) is 1. The quantitative estimate of drug-likeness (QED) is 0.714. The highest BCUT2D eigenvalue weighted by atomic mass is 16.5. The van der Waals surface area contributed by atoms with Crippen molar-refractivity contribution in [1.82, 2.24) is 5.32 Å². The van der Waals surface area contributed by atoms with E-state index in [9.17, 15) is 4.79 Å². The van der Waals surface area contributed by atoms with Gasteiger partial charge in [0, 0.05) is 0 Å². The van der Waals surface area contributed by atoms with E-state index in [2.05, 4.69) is 26.1 Å². The van der Waals surface area contributed by atoms with Crippen LogP contribution in [0.1, 0.15) is 46.5 Å². The standard InChI is InChI=1S/C12H23NO2/c1-11(2,3)9-12(10(14)15-4)7-5-6-8-13-12/h13H,5-9H2,1-4H3. The third-order valence-electron chi connectivity index (χ3n) is 2.90. The number of rotatable bonds is 2. The summed E-state index contributed by atoms with van der Waals surface area (Å²) >= 11 is 0. The molecular weight excluding hydrogens is 190 g/mol. The van der Waals surface area contributed by atoms with Crippen LogP contribution >= 0.6 is 0 Å². The van der Waals surface area contributed by atoms with Gasteiger partial charge in [0.2, 0.25) is 0 Å². The molecule has 0 aliphatic carbocycles. The summed E-state index contributed by atoms with van der Waals surface area (Å²) in [6.45, 7) is 7.40. The lowest BCUT2D eigenvalue weighted by molar-refractivity contribution is -0.151. The number of hydrogen-bond acceptors (Lipinski definition) is 3. The maximum atomic E-state index is 11.9. The minimum atomic E-state index is -0.439. The van der Waals surface area contributed by atoms with Crippen molar-refractivity contribution in [3.05, 3.63) is 0 Å². The highest BCUT2D eigenvalue weighted by Crippen LogP contribution is 2.33. The fourth-order valence-electron chi connectivity index (χ4n) is 2.47. The zero-order chi connectivity index (χ0) is 11.5. The first-order valence-electron chi connectivity index (χ1n) is 5.73. The first-order valence-corrected chi connectivity index (χ1v) is 5.73. The van der Waals surface area contributed by atoms with Gasteiger partial charge in [0.05, 0.1) is 7.11 Å². The van der Waals surface area contributed by atoms with Gasteiger partial charge >= 0.3 is 5.97 Å². The van der Waals surface area contributed by atoms with Gasteiger partial charge in [-0.2, -0.15) is 0 Å². The van der Waals surface area contributed by atoms with E-state index in [1.807, 2.05) is 0 Å². The summed E-state index contributed by atoms with van der Waals surface area (Å²) < 4.78 is 4.94. The number of esters is 1. The van der Waals surface area contributed by atoms with Crippen molar-refractivity contribution in [2.75, 3.05) is 13.7 Å². The van der Waals surface area contributed by atoms with Crippen molar-refractivity contribution in [2.24, 2.45) is 5.41 Å². The summed E-state index contributed by atoms with van der Waals surface area (Å²) in [5, 5.41) is 3.37. The minimum Gasteiger partial charge on any atom is -0.468 e. The lowest BCUT2D eigenvalue weighted by Crippen LogP contribution is -2.57. The average Bonchev–Trinajstić information content (AvgIpc) is 2.15. The molecule has 0 saturated carbocycles. The van der Waals surface area contributed by atoms with Crippen LogP contribution in [0.25, 0.3) is 0 Å². The van der Waals surface area contributed by atoms with Gasteiger partial charge in [-0.15, -0.1) is 0 Å². The molecule has 1 aliphatic rings. The molecule has 0 amide bonds. The Bertz CT molecular complexity index is 224. The maximum absolute atomic E-state index is 11.9. The van der Waals surface area contributed by atoms with Gasteiger partial charge in [-0.25, -0.2) is 0 Å².